The van der Waals surface area contributed by atoms with Gasteiger partial charge >= 0.3 is 0 Å². The Morgan fingerprint density at radius 1 is 1.22 bits per heavy atom. The number of nitrogens with one attached hydrogen (secondary N) is 2. The highest BCUT2D eigenvalue weighted by Crippen LogP contribution is 2.22. The SMILES string of the molecule is CCNC(=NCC(C)(C)c1ccccc1)NCCn1ccnc1. The van der Waals surface area contributed by atoms with E-state index in [0.717, 1.165) is 32.1 Å². The van der Waals surface area contributed by atoms with Gasteiger partial charge in [0.15, 0.2) is 5.96 Å². The minimum absolute atomic E-state index is 0.00790. The van der Waals surface area contributed by atoms with Crippen molar-refractivity contribution in [2.45, 2.75) is 32.7 Å². The number of guanidine groups is 1. The van der Waals surface area contributed by atoms with Gasteiger partial charge in [-0.3, -0.25) is 4.99 Å². The van der Waals surface area contributed by atoms with Gasteiger partial charge in [0.25, 0.3) is 0 Å². The first-order valence-electron chi connectivity index (χ1n) is 8.15. The summed E-state index contributed by atoms with van der Waals surface area (Å²) in [4.78, 5) is 8.80. The summed E-state index contributed by atoms with van der Waals surface area (Å²) in [7, 11) is 0. The van der Waals surface area contributed by atoms with Crippen molar-refractivity contribution in [3.8, 4) is 0 Å². The van der Waals surface area contributed by atoms with Crippen LogP contribution in [0.3, 0.4) is 0 Å². The Bertz CT molecular complexity index is 587. The van der Waals surface area contributed by atoms with E-state index in [0.29, 0.717) is 0 Å². The van der Waals surface area contributed by atoms with Gasteiger partial charge in [-0.05, 0) is 12.5 Å². The molecule has 23 heavy (non-hydrogen) atoms. The zero-order valence-electron chi connectivity index (χ0n) is 14.3. The largest absolute Gasteiger partial charge is 0.357 e. The van der Waals surface area contributed by atoms with Crippen molar-refractivity contribution in [1.82, 2.24) is 20.2 Å². The van der Waals surface area contributed by atoms with Crippen LogP contribution in [-0.4, -0.2) is 35.1 Å². The Hall–Kier alpha value is -2.30. The fourth-order valence-electron chi connectivity index (χ4n) is 2.32. The second kappa shape index (κ2) is 8.36. The summed E-state index contributed by atoms with van der Waals surface area (Å²) in [5, 5.41) is 6.67. The highest BCUT2D eigenvalue weighted by atomic mass is 15.2. The maximum Gasteiger partial charge on any atom is 0.191 e. The third-order valence-electron chi connectivity index (χ3n) is 3.75. The van der Waals surface area contributed by atoms with Gasteiger partial charge in [-0.1, -0.05) is 44.2 Å². The molecule has 0 saturated heterocycles. The third kappa shape index (κ3) is 5.43. The van der Waals surface area contributed by atoms with Crippen LogP contribution in [0.1, 0.15) is 26.3 Å². The van der Waals surface area contributed by atoms with E-state index >= 15 is 0 Å². The van der Waals surface area contributed by atoms with Crippen LogP contribution in [0.4, 0.5) is 0 Å². The predicted octanol–water partition coefficient (Wildman–Crippen LogP) is 2.42. The number of imidazole rings is 1. The second-order valence-electron chi connectivity index (χ2n) is 6.17. The molecule has 2 aromatic rings. The molecule has 0 amide bonds. The molecule has 0 atom stereocenters. The molecular weight excluding hydrogens is 286 g/mol. The number of benzene rings is 1. The summed E-state index contributed by atoms with van der Waals surface area (Å²) in [6, 6.07) is 10.5. The molecule has 0 aliphatic heterocycles. The van der Waals surface area contributed by atoms with Gasteiger partial charge in [0.2, 0.25) is 0 Å². The predicted molar refractivity (Wildman–Crippen MR) is 95.7 cm³/mol. The average molecular weight is 313 g/mol. The lowest BCUT2D eigenvalue weighted by Crippen LogP contribution is -2.39. The molecule has 0 aliphatic carbocycles. The molecule has 0 spiro atoms. The molecule has 1 aromatic carbocycles. The Balaban J connectivity index is 1.92. The summed E-state index contributed by atoms with van der Waals surface area (Å²) in [5.74, 6) is 0.858. The number of aromatic nitrogens is 2. The Labute approximate surface area is 138 Å². The third-order valence-corrected chi connectivity index (χ3v) is 3.75. The monoisotopic (exact) mass is 313 g/mol. The first-order valence-corrected chi connectivity index (χ1v) is 8.15. The van der Waals surface area contributed by atoms with E-state index in [1.165, 1.54) is 5.56 Å². The second-order valence-corrected chi connectivity index (χ2v) is 6.17. The maximum absolute atomic E-state index is 4.75. The van der Waals surface area contributed by atoms with E-state index in [1.807, 2.05) is 23.2 Å². The van der Waals surface area contributed by atoms with Crippen molar-refractivity contribution >= 4 is 5.96 Å². The number of nitrogens with zero attached hydrogens (tertiary/aromatic N) is 3. The number of hydrogen-bond acceptors (Lipinski definition) is 2. The Kier molecular flexibility index (Phi) is 6.20. The molecule has 0 unspecified atom stereocenters. The van der Waals surface area contributed by atoms with Gasteiger partial charge in [0.1, 0.15) is 0 Å². The van der Waals surface area contributed by atoms with E-state index in [9.17, 15) is 0 Å². The lowest BCUT2D eigenvalue weighted by atomic mass is 9.85. The lowest BCUT2D eigenvalue weighted by molar-refractivity contribution is 0.536. The van der Waals surface area contributed by atoms with Crippen molar-refractivity contribution in [1.29, 1.82) is 0 Å². The highest BCUT2D eigenvalue weighted by molar-refractivity contribution is 5.79. The molecule has 0 saturated carbocycles. The molecule has 1 heterocycles. The van der Waals surface area contributed by atoms with Crippen molar-refractivity contribution in [3.63, 3.8) is 0 Å². The lowest BCUT2D eigenvalue weighted by Gasteiger charge is -2.24. The van der Waals surface area contributed by atoms with Crippen molar-refractivity contribution < 1.29 is 0 Å². The van der Waals surface area contributed by atoms with Crippen LogP contribution >= 0.6 is 0 Å². The van der Waals surface area contributed by atoms with Gasteiger partial charge < -0.3 is 15.2 Å². The summed E-state index contributed by atoms with van der Waals surface area (Å²) >= 11 is 0. The zero-order valence-corrected chi connectivity index (χ0v) is 14.3. The first kappa shape index (κ1) is 17.1. The highest BCUT2D eigenvalue weighted by Gasteiger charge is 2.19. The smallest absolute Gasteiger partial charge is 0.191 e. The molecule has 5 heteroatoms. The first-order chi connectivity index (χ1) is 11.1. The standard InChI is InChI=1S/C18H27N5/c1-4-20-17(21-11-13-23-12-10-19-15-23)22-14-18(2,3)16-8-6-5-7-9-16/h5-10,12,15H,4,11,13-14H2,1-3H3,(H2,20,21,22). The fraction of sp³-hybridized carbons (Fsp3) is 0.444. The topological polar surface area (TPSA) is 54.2 Å². The molecule has 1 aromatic heterocycles. The van der Waals surface area contributed by atoms with Crippen molar-refractivity contribution in [2.24, 2.45) is 4.99 Å². The van der Waals surface area contributed by atoms with E-state index < -0.39 is 0 Å². The van der Waals surface area contributed by atoms with Gasteiger partial charge in [-0.2, -0.15) is 0 Å². The van der Waals surface area contributed by atoms with Gasteiger partial charge in [0.05, 0.1) is 12.9 Å². The summed E-state index contributed by atoms with van der Waals surface area (Å²) in [6.45, 7) is 9.79. The Morgan fingerprint density at radius 2 is 2.00 bits per heavy atom. The van der Waals surface area contributed by atoms with Gasteiger partial charge in [-0.15, -0.1) is 0 Å². The van der Waals surface area contributed by atoms with Crippen LogP contribution in [0.2, 0.25) is 0 Å². The average Bonchev–Trinajstić information content (AvgIpc) is 3.07. The van der Waals surface area contributed by atoms with Crippen LogP contribution in [0.15, 0.2) is 54.0 Å². The molecule has 2 rings (SSSR count). The number of rotatable bonds is 7. The molecule has 124 valence electrons. The molecule has 0 bridgehead atoms. The van der Waals surface area contributed by atoms with Gasteiger partial charge in [-0.25, -0.2) is 4.98 Å². The molecule has 5 nitrogen and oxygen atoms in total. The summed E-state index contributed by atoms with van der Waals surface area (Å²) in [6.07, 6.45) is 5.58. The van der Waals surface area contributed by atoms with Crippen molar-refractivity contribution in [3.05, 3.63) is 54.6 Å². The van der Waals surface area contributed by atoms with Crippen molar-refractivity contribution in [2.75, 3.05) is 19.6 Å². The van der Waals surface area contributed by atoms with E-state index in [-0.39, 0.29) is 5.41 Å². The van der Waals surface area contributed by atoms with E-state index in [4.69, 9.17) is 4.99 Å². The minimum Gasteiger partial charge on any atom is -0.357 e. The van der Waals surface area contributed by atoms with Crippen LogP contribution < -0.4 is 10.6 Å². The number of aliphatic imine (C=N–C) groups is 1. The fourth-order valence-corrected chi connectivity index (χ4v) is 2.32. The van der Waals surface area contributed by atoms with Crippen LogP contribution in [0.25, 0.3) is 0 Å². The molecule has 2 N–H and O–H groups in total. The maximum atomic E-state index is 4.75. The summed E-state index contributed by atoms with van der Waals surface area (Å²) in [5.41, 5.74) is 1.31. The molecule has 0 fully saturated rings. The van der Waals surface area contributed by atoms with Crippen LogP contribution in [0, 0.1) is 0 Å². The molecule has 0 aliphatic rings. The van der Waals surface area contributed by atoms with E-state index in [2.05, 4.69) is 60.7 Å². The summed E-state index contributed by atoms with van der Waals surface area (Å²) < 4.78 is 2.05. The molecular formula is C18H27N5. The quantitative estimate of drug-likeness (QED) is 0.610. The van der Waals surface area contributed by atoms with Gasteiger partial charge in [0, 0.05) is 37.4 Å². The number of hydrogen-bond donors (Lipinski definition) is 2. The molecule has 0 radical (unpaired) electrons. The Morgan fingerprint density at radius 3 is 2.65 bits per heavy atom. The minimum atomic E-state index is 0.00790. The van der Waals surface area contributed by atoms with E-state index in [1.54, 1.807) is 6.20 Å². The van der Waals surface area contributed by atoms with Crippen LogP contribution in [0.5, 0.6) is 0 Å². The normalized spacial score (nSPS) is 12.2. The van der Waals surface area contributed by atoms with Crippen LogP contribution in [-0.2, 0) is 12.0 Å². The zero-order chi connectivity index (χ0) is 16.5.